The lowest BCUT2D eigenvalue weighted by Gasteiger charge is -2.36. The minimum Gasteiger partial charge on any atom is -0.481 e. The second-order valence-electron chi connectivity index (χ2n) is 5.62. The summed E-state index contributed by atoms with van der Waals surface area (Å²) in [6.45, 7) is 3.89. The summed E-state index contributed by atoms with van der Waals surface area (Å²) in [7, 11) is -3.61. The molecule has 0 amide bonds. The van der Waals surface area contributed by atoms with E-state index in [4.69, 9.17) is 0 Å². The lowest BCUT2D eigenvalue weighted by Crippen LogP contribution is -2.48. The summed E-state index contributed by atoms with van der Waals surface area (Å²) in [4.78, 5) is 11.5. The number of sulfonamides is 1. The zero-order valence-electron chi connectivity index (χ0n) is 11.7. The summed E-state index contributed by atoms with van der Waals surface area (Å²) in [5, 5.41) is 9.27. The van der Waals surface area contributed by atoms with Crippen LogP contribution in [0.5, 0.6) is 0 Å². The lowest BCUT2D eigenvalue weighted by molar-refractivity contribution is -0.150. The van der Waals surface area contributed by atoms with E-state index in [1.165, 1.54) is 4.31 Å². The van der Waals surface area contributed by atoms with Gasteiger partial charge in [0, 0.05) is 13.1 Å². The molecule has 1 aromatic carbocycles. The molecule has 5 nitrogen and oxygen atoms in total. The average molecular weight is 297 g/mol. The maximum Gasteiger partial charge on any atom is 0.310 e. The van der Waals surface area contributed by atoms with Gasteiger partial charge in [-0.15, -0.1) is 0 Å². The lowest BCUT2D eigenvalue weighted by atomic mass is 9.83. The van der Waals surface area contributed by atoms with Gasteiger partial charge in [0.25, 0.3) is 0 Å². The molecule has 2 rings (SSSR count). The molecule has 1 atom stereocenters. The SMILES string of the molecule is Cc1ccc(S(=O)(=O)N2CCCC(C)(C(=O)O)C2)cc1. The monoisotopic (exact) mass is 297 g/mol. The van der Waals surface area contributed by atoms with Crippen molar-refractivity contribution < 1.29 is 18.3 Å². The zero-order chi connectivity index (χ0) is 15.0. The van der Waals surface area contributed by atoms with Gasteiger partial charge >= 0.3 is 5.97 Å². The largest absolute Gasteiger partial charge is 0.481 e. The second-order valence-corrected chi connectivity index (χ2v) is 7.56. The van der Waals surface area contributed by atoms with Gasteiger partial charge in [0.05, 0.1) is 10.3 Å². The van der Waals surface area contributed by atoms with E-state index in [9.17, 15) is 18.3 Å². The Morgan fingerprint density at radius 1 is 1.30 bits per heavy atom. The van der Waals surface area contributed by atoms with Crippen LogP contribution in [-0.4, -0.2) is 36.9 Å². The number of carboxylic acids is 1. The van der Waals surface area contributed by atoms with Crippen molar-refractivity contribution in [2.24, 2.45) is 5.41 Å². The summed E-state index contributed by atoms with van der Waals surface area (Å²) >= 11 is 0. The molecule has 0 bridgehead atoms. The van der Waals surface area contributed by atoms with Crippen LogP contribution < -0.4 is 0 Å². The number of benzene rings is 1. The van der Waals surface area contributed by atoms with Crippen molar-refractivity contribution in [2.45, 2.75) is 31.6 Å². The number of carbonyl (C=O) groups is 1. The van der Waals surface area contributed by atoms with Gasteiger partial charge in [0.15, 0.2) is 0 Å². The van der Waals surface area contributed by atoms with Gasteiger partial charge in [-0.3, -0.25) is 4.79 Å². The first-order valence-corrected chi connectivity index (χ1v) is 8.00. The fraction of sp³-hybridized carbons (Fsp3) is 0.500. The van der Waals surface area contributed by atoms with Gasteiger partial charge in [-0.2, -0.15) is 4.31 Å². The highest BCUT2D eigenvalue weighted by Crippen LogP contribution is 2.32. The number of aliphatic carboxylic acids is 1. The molecule has 1 aromatic rings. The minimum atomic E-state index is -3.61. The van der Waals surface area contributed by atoms with Crippen LogP contribution in [0.25, 0.3) is 0 Å². The highest BCUT2D eigenvalue weighted by Gasteiger charge is 2.41. The third-order valence-electron chi connectivity index (χ3n) is 3.84. The van der Waals surface area contributed by atoms with Gasteiger partial charge in [-0.1, -0.05) is 17.7 Å². The van der Waals surface area contributed by atoms with Crippen LogP contribution in [-0.2, 0) is 14.8 Å². The summed E-state index contributed by atoms with van der Waals surface area (Å²) in [5.74, 6) is -0.943. The molecule has 0 aromatic heterocycles. The first-order chi connectivity index (χ1) is 9.25. The summed E-state index contributed by atoms with van der Waals surface area (Å²) < 4.78 is 26.4. The van der Waals surface area contributed by atoms with E-state index < -0.39 is 21.4 Å². The number of aryl methyl sites for hydroxylation is 1. The first-order valence-electron chi connectivity index (χ1n) is 6.56. The summed E-state index contributed by atoms with van der Waals surface area (Å²) in [6.07, 6.45) is 1.07. The van der Waals surface area contributed by atoms with E-state index in [0.29, 0.717) is 19.4 Å². The standard InChI is InChI=1S/C14H19NO4S/c1-11-4-6-12(7-5-11)20(18,19)15-9-3-8-14(2,10-15)13(16)17/h4-7H,3,8-10H2,1-2H3,(H,16,17). The Bertz CT molecular complexity index is 609. The fourth-order valence-corrected chi connectivity index (χ4v) is 4.03. The smallest absolute Gasteiger partial charge is 0.310 e. The molecular formula is C14H19NO4S. The van der Waals surface area contributed by atoms with Crippen LogP contribution >= 0.6 is 0 Å². The van der Waals surface area contributed by atoms with Gasteiger partial charge in [0.1, 0.15) is 0 Å². The molecule has 0 saturated carbocycles. The van der Waals surface area contributed by atoms with E-state index in [-0.39, 0.29) is 11.4 Å². The predicted molar refractivity (Wildman–Crippen MR) is 74.9 cm³/mol. The Morgan fingerprint density at radius 2 is 1.90 bits per heavy atom. The molecule has 0 aliphatic carbocycles. The quantitative estimate of drug-likeness (QED) is 0.924. The van der Waals surface area contributed by atoms with Crippen molar-refractivity contribution in [1.82, 2.24) is 4.31 Å². The number of rotatable bonds is 3. The van der Waals surface area contributed by atoms with Gasteiger partial charge in [-0.25, -0.2) is 8.42 Å². The highest BCUT2D eigenvalue weighted by molar-refractivity contribution is 7.89. The number of hydrogen-bond acceptors (Lipinski definition) is 3. The van der Waals surface area contributed by atoms with Gasteiger partial charge in [-0.05, 0) is 38.8 Å². The second kappa shape index (κ2) is 5.18. The van der Waals surface area contributed by atoms with E-state index in [2.05, 4.69) is 0 Å². The van der Waals surface area contributed by atoms with E-state index in [1.54, 1.807) is 31.2 Å². The molecule has 1 aliphatic rings. The van der Waals surface area contributed by atoms with E-state index in [1.807, 2.05) is 6.92 Å². The molecule has 1 fully saturated rings. The topological polar surface area (TPSA) is 74.7 Å². The number of carboxylic acid groups (broad SMARTS) is 1. The maximum atomic E-state index is 12.5. The molecule has 1 saturated heterocycles. The number of hydrogen-bond donors (Lipinski definition) is 1. The highest BCUT2D eigenvalue weighted by atomic mass is 32.2. The van der Waals surface area contributed by atoms with Crippen LogP contribution in [0.1, 0.15) is 25.3 Å². The molecule has 0 radical (unpaired) electrons. The molecule has 20 heavy (non-hydrogen) atoms. The Hall–Kier alpha value is -1.40. The van der Waals surface area contributed by atoms with Crippen molar-refractivity contribution in [3.8, 4) is 0 Å². The van der Waals surface area contributed by atoms with Crippen molar-refractivity contribution in [3.63, 3.8) is 0 Å². The third kappa shape index (κ3) is 2.71. The van der Waals surface area contributed by atoms with E-state index >= 15 is 0 Å². The Morgan fingerprint density at radius 3 is 2.45 bits per heavy atom. The number of piperidine rings is 1. The van der Waals surface area contributed by atoms with Crippen LogP contribution in [0.3, 0.4) is 0 Å². The maximum absolute atomic E-state index is 12.5. The molecule has 1 aliphatic heterocycles. The Kier molecular flexibility index (Phi) is 3.88. The summed E-state index contributed by atoms with van der Waals surface area (Å²) in [6, 6.07) is 6.62. The normalized spacial score (nSPS) is 24.5. The van der Waals surface area contributed by atoms with Crippen LogP contribution in [0.4, 0.5) is 0 Å². The molecule has 1 heterocycles. The summed E-state index contributed by atoms with van der Waals surface area (Å²) in [5.41, 5.74) is -0.0197. The third-order valence-corrected chi connectivity index (χ3v) is 5.70. The molecular weight excluding hydrogens is 278 g/mol. The van der Waals surface area contributed by atoms with Crippen LogP contribution in [0.2, 0.25) is 0 Å². The molecule has 110 valence electrons. The van der Waals surface area contributed by atoms with Crippen molar-refractivity contribution in [2.75, 3.05) is 13.1 Å². The molecule has 1 unspecified atom stereocenters. The number of nitrogens with zero attached hydrogens (tertiary/aromatic N) is 1. The van der Waals surface area contributed by atoms with Crippen LogP contribution in [0.15, 0.2) is 29.2 Å². The van der Waals surface area contributed by atoms with Crippen molar-refractivity contribution in [3.05, 3.63) is 29.8 Å². The van der Waals surface area contributed by atoms with Crippen LogP contribution in [0, 0.1) is 12.3 Å². The molecule has 1 N–H and O–H groups in total. The van der Waals surface area contributed by atoms with Crippen molar-refractivity contribution in [1.29, 1.82) is 0 Å². The van der Waals surface area contributed by atoms with Crippen molar-refractivity contribution >= 4 is 16.0 Å². The fourth-order valence-electron chi connectivity index (χ4n) is 2.43. The van der Waals surface area contributed by atoms with E-state index in [0.717, 1.165) is 5.56 Å². The predicted octanol–water partition coefficient (Wildman–Crippen LogP) is 1.87. The zero-order valence-corrected chi connectivity index (χ0v) is 12.5. The Balaban J connectivity index is 2.30. The van der Waals surface area contributed by atoms with Gasteiger partial charge < -0.3 is 5.11 Å². The Labute approximate surface area is 119 Å². The minimum absolute atomic E-state index is 0.0263. The van der Waals surface area contributed by atoms with Gasteiger partial charge in [0.2, 0.25) is 10.0 Å². The molecule has 0 spiro atoms. The first kappa shape index (κ1) is 15.0. The molecule has 6 heteroatoms. The average Bonchev–Trinajstić information content (AvgIpc) is 2.39.